The van der Waals surface area contributed by atoms with Crippen molar-refractivity contribution in [3.63, 3.8) is 0 Å². The van der Waals surface area contributed by atoms with Gasteiger partial charge in [0.1, 0.15) is 15.5 Å². The summed E-state index contributed by atoms with van der Waals surface area (Å²) in [7, 11) is 0. The monoisotopic (exact) mass is 438 g/mol. The number of nitrogens with one attached hydrogen (secondary N) is 1. The lowest BCUT2D eigenvalue weighted by Crippen LogP contribution is -2.12. The lowest BCUT2D eigenvalue weighted by molar-refractivity contribution is 0.103. The number of thiophene rings is 1. The summed E-state index contributed by atoms with van der Waals surface area (Å²) in [5.74, 6) is 0.0499. The van der Waals surface area contributed by atoms with Crippen LogP contribution in [-0.4, -0.2) is 15.9 Å². The average Bonchev–Trinajstić information content (AvgIpc) is 3.32. The summed E-state index contributed by atoms with van der Waals surface area (Å²) >= 11 is 2.63. The molecule has 152 valence electrons. The van der Waals surface area contributed by atoms with Crippen molar-refractivity contribution in [1.82, 2.24) is 9.97 Å². The number of thiazole rings is 1. The van der Waals surface area contributed by atoms with Crippen LogP contribution in [0.2, 0.25) is 0 Å². The summed E-state index contributed by atoms with van der Waals surface area (Å²) < 4.78 is 13.1. The summed E-state index contributed by atoms with van der Waals surface area (Å²) in [4.78, 5) is 23.4. The number of aryl methyl sites for hydroxylation is 1. The molecule has 3 aromatic heterocycles. The van der Waals surface area contributed by atoms with E-state index in [-0.39, 0.29) is 11.7 Å². The highest BCUT2D eigenvalue weighted by atomic mass is 32.1. The van der Waals surface area contributed by atoms with Crippen molar-refractivity contribution < 1.29 is 9.18 Å². The van der Waals surface area contributed by atoms with Crippen molar-refractivity contribution in [3.8, 4) is 11.3 Å². The summed E-state index contributed by atoms with van der Waals surface area (Å²) in [6, 6.07) is 8.20. The minimum atomic E-state index is -0.299. The maximum absolute atomic E-state index is 13.1. The SMILES string of the molecule is CC1CCc2nc3sc(C(=O)Nc4nc(-c5ccc(F)cc5)cs4)c(N)c3cc2C1. The minimum absolute atomic E-state index is 0.290. The molecule has 0 saturated carbocycles. The second-order valence-electron chi connectivity index (χ2n) is 7.64. The zero-order valence-corrected chi connectivity index (χ0v) is 17.9. The van der Waals surface area contributed by atoms with Crippen LogP contribution in [0, 0.1) is 11.7 Å². The lowest BCUT2D eigenvalue weighted by atomic mass is 9.87. The molecule has 1 aromatic carbocycles. The Morgan fingerprint density at radius 1 is 1.27 bits per heavy atom. The fourth-order valence-electron chi connectivity index (χ4n) is 3.78. The number of nitrogens with zero attached hydrogens (tertiary/aromatic N) is 2. The normalized spacial score (nSPS) is 15.9. The van der Waals surface area contributed by atoms with Gasteiger partial charge in [-0.05, 0) is 61.1 Å². The van der Waals surface area contributed by atoms with Gasteiger partial charge in [0.2, 0.25) is 0 Å². The zero-order valence-electron chi connectivity index (χ0n) is 16.2. The maximum atomic E-state index is 13.1. The molecule has 0 radical (unpaired) electrons. The molecular formula is C22H19FN4OS2. The molecule has 0 bridgehead atoms. The van der Waals surface area contributed by atoms with Crippen molar-refractivity contribution in [2.45, 2.75) is 26.2 Å². The fourth-order valence-corrected chi connectivity index (χ4v) is 5.49. The summed E-state index contributed by atoms with van der Waals surface area (Å²) in [5, 5.41) is 5.98. The Morgan fingerprint density at radius 2 is 2.07 bits per heavy atom. The van der Waals surface area contributed by atoms with Gasteiger partial charge in [-0.15, -0.1) is 22.7 Å². The zero-order chi connectivity index (χ0) is 20.8. The summed E-state index contributed by atoms with van der Waals surface area (Å²) in [6.45, 7) is 2.25. The Hall–Kier alpha value is -2.84. The molecule has 1 aliphatic carbocycles. The molecule has 3 heterocycles. The number of amides is 1. The quantitative estimate of drug-likeness (QED) is 0.441. The number of aromatic nitrogens is 2. The molecule has 5 nitrogen and oxygen atoms in total. The second kappa shape index (κ2) is 7.45. The van der Waals surface area contributed by atoms with Crippen LogP contribution in [0.4, 0.5) is 15.2 Å². The van der Waals surface area contributed by atoms with E-state index < -0.39 is 0 Å². The van der Waals surface area contributed by atoms with Crippen molar-refractivity contribution in [3.05, 3.63) is 57.7 Å². The van der Waals surface area contributed by atoms with E-state index in [2.05, 4.69) is 23.3 Å². The summed E-state index contributed by atoms with van der Waals surface area (Å²) in [6.07, 6.45) is 3.11. The molecule has 0 aliphatic heterocycles. The number of carbonyl (C=O) groups is 1. The first-order chi connectivity index (χ1) is 14.5. The van der Waals surface area contributed by atoms with Crippen LogP contribution < -0.4 is 11.1 Å². The Labute approximate surface area is 180 Å². The first-order valence-electron chi connectivity index (χ1n) is 9.71. The van der Waals surface area contributed by atoms with E-state index >= 15 is 0 Å². The third-order valence-corrected chi connectivity index (χ3v) is 7.27. The average molecular weight is 439 g/mol. The van der Waals surface area contributed by atoms with Gasteiger partial charge in [0.25, 0.3) is 5.91 Å². The van der Waals surface area contributed by atoms with Gasteiger partial charge in [-0.1, -0.05) is 6.92 Å². The van der Waals surface area contributed by atoms with E-state index in [9.17, 15) is 9.18 Å². The van der Waals surface area contributed by atoms with Crippen LogP contribution in [0.1, 0.15) is 34.3 Å². The number of pyridine rings is 1. The molecule has 3 N–H and O–H groups in total. The Kier molecular flexibility index (Phi) is 4.75. The van der Waals surface area contributed by atoms with Gasteiger partial charge in [-0.25, -0.2) is 14.4 Å². The standard InChI is InChI=1S/C22H19FN4OS2/c1-11-2-7-16-13(8-11)9-15-18(24)19(30-21(15)25-16)20(28)27-22-26-17(10-29-22)12-3-5-14(23)6-4-12/h3-6,9-11H,2,7-8,24H2,1H3,(H,26,27,28). The molecular weight excluding hydrogens is 419 g/mol. The molecule has 30 heavy (non-hydrogen) atoms. The number of fused-ring (bicyclic) bond motifs is 2. The fraction of sp³-hybridized carbons (Fsp3) is 0.227. The van der Waals surface area contributed by atoms with Crippen LogP contribution >= 0.6 is 22.7 Å². The van der Waals surface area contributed by atoms with Gasteiger partial charge in [-0.2, -0.15) is 0 Å². The van der Waals surface area contributed by atoms with Gasteiger partial charge < -0.3 is 5.73 Å². The predicted molar refractivity (Wildman–Crippen MR) is 121 cm³/mol. The molecule has 8 heteroatoms. The Balaban J connectivity index is 1.41. The number of nitrogen functional groups attached to an aromatic ring is 1. The van der Waals surface area contributed by atoms with Gasteiger partial charge in [0.05, 0.1) is 11.4 Å². The van der Waals surface area contributed by atoms with E-state index in [1.807, 2.05) is 5.38 Å². The van der Waals surface area contributed by atoms with Crippen LogP contribution in [0.3, 0.4) is 0 Å². The molecule has 1 unspecified atom stereocenters. The van der Waals surface area contributed by atoms with E-state index in [0.29, 0.717) is 27.3 Å². The minimum Gasteiger partial charge on any atom is -0.397 e. The number of hydrogen-bond acceptors (Lipinski definition) is 6. The van der Waals surface area contributed by atoms with Gasteiger partial charge >= 0.3 is 0 Å². The van der Waals surface area contributed by atoms with Crippen molar-refractivity contribution in [2.75, 3.05) is 11.1 Å². The van der Waals surface area contributed by atoms with Gasteiger partial charge in [0.15, 0.2) is 5.13 Å². The first kappa shape index (κ1) is 19.1. The highest BCUT2D eigenvalue weighted by Crippen LogP contribution is 2.37. The Bertz CT molecular complexity index is 1260. The topological polar surface area (TPSA) is 80.9 Å². The molecule has 5 rings (SSSR count). The smallest absolute Gasteiger partial charge is 0.269 e. The number of hydrogen-bond donors (Lipinski definition) is 2. The van der Waals surface area contributed by atoms with Crippen LogP contribution in [0.5, 0.6) is 0 Å². The van der Waals surface area contributed by atoms with E-state index in [1.165, 1.54) is 40.4 Å². The van der Waals surface area contributed by atoms with Gasteiger partial charge in [0, 0.05) is 22.0 Å². The first-order valence-corrected chi connectivity index (χ1v) is 11.4. The number of rotatable bonds is 3. The van der Waals surface area contributed by atoms with Crippen LogP contribution in [-0.2, 0) is 12.8 Å². The van der Waals surface area contributed by atoms with Crippen LogP contribution in [0.15, 0.2) is 35.7 Å². The highest BCUT2D eigenvalue weighted by molar-refractivity contribution is 7.21. The highest BCUT2D eigenvalue weighted by Gasteiger charge is 2.22. The van der Waals surface area contributed by atoms with Crippen molar-refractivity contribution in [1.29, 1.82) is 0 Å². The largest absolute Gasteiger partial charge is 0.397 e. The molecule has 1 amide bonds. The van der Waals surface area contributed by atoms with Crippen LogP contribution in [0.25, 0.3) is 21.5 Å². The van der Waals surface area contributed by atoms with Crippen molar-refractivity contribution in [2.24, 2.45) is 5.92 Å². The third-order valence-electron chi connectivity index (χ3n) is 5.40. The number of halogens is 1. The molecule has 0 saturated heterocycles. The number of anilines is 2. The molecule has 1 atom stereocenters. The molecule has 1 aliphatic rings. The van der Waals surface area contributed by atoms with E-state index in [1.54, 1.807) is 12.1 Å². The number of benzene rings is 1. The maximum Gasteiger partial charge on any atom is 0.269 e. The second-order valence-corrected chi connectivity index (χ2v) is 9.50. The van der Waals surface area contributed by atoms with Gasteiger partial charge in [-0.3, -0.25) is 10.1 Å². The molecule has 0 spiro atoms. The molecule has 0 fully saturated rings. The van der Waals surface area contributed by atoms with E-state index in [4.69, 9.17) is 10.7 Å². The summed E-state index contributed by atoms with van der Waals surface area (Å²) in [5.41, 5.74) is 10.6. The number of carbonyl (C=O) groups excluding carboxylic acids is 1. The Morgan fingerprint density at radius 3 is 2.87 bits per heavy atom. The van der Waals surface area contributed by atoms with E-state index in [0.717, 1.165) is 40.7 Å². The third kappa shape index (κ3) is 3.46. The van der Waals surface area contributed by atoms with Crippen molar-refractivity contribution >= 4 is 49.6 Å². The molecule has 4 aromatic rings. The predicted octanol–water partition coefficient (Wildman–Crippen LogP) is 5.52. The lowest BCUT2D eigenvalue weighted by Gasteiger charge is -2.20. The number of nitrogens with two attached hydrogens (primary N) is 1.